The fourth-order valence-corrected chi connectivity index (χ4v) is 2.18. The standard InChI is InChI=1S/C14H21NO/c1-4-7-15-10-11-5-6-13-12(8-11)9-14(2,3)16-13/h5-6,8,15H,4,7,9-10H2,1-3H3. The van der Waals surface area contributed by atoms with Crippen LogP contribution in [0.2, 0.25) is 0 Å². The molecule has 0 saturated carbocycles. The monoisotopic (exact) mass is 219 g/mol. The van der Waals surface area contributed by atoms with Crippen molar-refractivity contribution in [1.82, 2.24) is 5.32 Å². The van der Waals surface area contributed by atoms with Crippen LogP contribution in [-0.4, -0.2) is 12.1 Å². The first-order valence-corrected chi connectivity index (χ1v) is 6.12. The number of hydrogen-bond donors (Lipinski definition) is 1. The molecule has 16 heavy (non-hydrogen) atoms. The lowest BCUT2D eigenvalue weighted by atomic mass is 10.0. The second kappa shape index (κ2) is 4.46. The highest BCUT2D eigenvalue weighted by molar-refractivity contribution is 5.41. The summed E-state index contributed by atoms with van der Waals surface area (Å²) in [6.45, 7) is 8.51. The van der Waals surface area contributed by atoms with Crippen LogP contribution in [0, 0.1) is 0 Å². The van der Waals surface area contributed by atoms with E-state index in [0.717, 1.165) is 25.3 Å². The van der Waals surface area contributed by atoms with E-state index < -0.39 is 0 Å². The maximum atomic E-state index is 5.85. The summed E-state index contributed by atoms with van der Waals surface area (Å²) in [6, 6.07) is 6.53. The first-order valence-electron chi connectivity index (χ1n) is 6.12. The summed E-state index contributed by atoms with van der Waals surface area (Å²) in [5, 5.41) is 3.42. The molecule has 0 fully saturated rings. The van der Waals surface area contributed by atoms with Crippen LogP contribution in [0.5, 0.6) is 5.75 Å². The Morgan fingerprint density at radius 1 is 1.38 bits per heavy atom. The van der Waals surface area contributed by atoms with E-state index in [4.69, 9.17) is 4.74 Å². The molecule has 88 valence electrons. The van der Waals surface area contributed by atoms with E-state index in [1.807, 2.05) is 0 Å². The summed E-state index contributed by atoms with van der Waals surface area (Å²) >= 11 is 0. The molecule has 2 nitrogen and oxygen atoms in total. The van der Waals surface area contributed by atoms with Gasteiger partial charge in [0.2, 0.25) is 0 Å². The van der Waals surface area contributed by atoms with Crippen LogP contribution in [0.25, 0.3) is 0 Å². The lowest BCUT2D eigenvalue weighted by molar-refractivity contribution is 0.138. The predicted octanol–water partition coefficient (Wildman–Crippen LogP) is 2.90. The molecule has 1 aliphatic heterocycles. The first kappa shape index (κ1) is 11.5. The molecule has 0 atom stereocenters. The smallest absolute Gasteiger partial charge is 0.123 e. The summed E-state index contributed by atoms with van der Waals surface area (Å²) in [6.07, 6.45) is 2.20. The van der Waals surface area contributed by atoms with Crippen molar-refractivity contribution in [3.05, 3.63) is 29.3 Å². The minimum Gasteiger partial charge on any atom is -0.487 e. The van der Waals surface area contributed by atoms with Crippen molar-refractivity contribution in [3.8, 4) is 5.75 Å². The van der Waals surface area contributed by atoms with Gasteiger partial charge in [0.25, 0.3) is 0 Å². The second-order valence-corrected chi connectivity index (χ2v) is 5.16. The normalized spacial score (nSPS) is 16.9. The summed E-state index contributed by atoms with van der Waals surface area (Å²) in [7, 11) is 0. The van der Waals surface area contributed by atoms with E-state index in [9.17, 15) is 0 Å². The Kier molecular flexibility index (Phi) is 3.20. The Hall–Kier alpha value is -1.02. The summed E-state index contributed by atoms with van der Waals surface area (Å²) in [5.74, 6) is 1.06. The molecular weight excluding hydrogens is 198 g/mol. The van der Waals surface area contributed by atoms with E-state index >= 15 is 0 Å². The van der Waals surface area contributed by atoms with Crippen LogP contribution in [0.4, 0.5) is 0 Å². The number of ether oxygens (including phenoxy) is 1. The molecule has 1 aromatic carbocycles. The Labute approximate surface area is 98.0 Å². The lowest BCUT2D eigenvalue weighted by Gasteiger charge is -2.16. The highest BCUT2D eigenvalue weighted by Crippen LogP contribution is 2.35. The average Bonchev–Trinajstić information content (AvgIpc) is 2.51. The fourth-order valence-electron chi connectivity index (χ4n) is 2.18. The van der Waals surface area contributed by atoms with Gasteiger partial charge in [-0.15, -0.1) is 0 Å². The number of rotatable bonds is 4. The van der Waals surface area contributed by atoms with Gasteiger partial charge in [0.05, 0.1) is 0 Å². The third-order valence-corrected chi connectivity index (χ3v) is 2.88. The van der Waals surface area contributed by atoms with E-state index in [-0.39, 0.29) is 5.60 Å². The number of hydrogen-bond acceptors (Lipinski definition) is 2. The maximum Gasteiger partial charge on any atom is 0.123 e. The van der Waals surface area contributed by atoms with Gasteiger partial charge in [-0.3, -0.25) is 0 Å². The number of fused-ring (bicyclic) bond motifs is 1. The Bertz CT molecular complexity index is 371. The van der Waals surface area contributed by atoms with Crippen LogP contribution in [0.3, 0.4) is 0 Å². The molecule has 1 aromatic rings. The Balaban J connectivity index is 2.04. The van der Waals surface area contributed by atoms with Crippen LogP contribution in [0.15, 0.2) is 18.2 Å². The molecule has 2 rings (SSSR count). The molecule has 0 saturated heterocycles. The predicted molar refractivity (Wildman–Crippen MR) is 66.9 cm³/mol. The largest absolute Gasteiger partial charge is 0.487 e. The molecule has 0 unspecified atom stereocenters. The average molecular weight is 219 g/mol. The SMILES string of the molecule is CCCNCc1ccc2c(c1)CC(C)(C)O2. The molecule has 0 aliphatic carbocycles. The van der Waals surface area contributed by atoms with Gasteiger partial charge >= 0.3 is 0 Å². The molecule has 0 aromatic heterocycles. The van der Waals surface area contributed by atoms with E-state index in [2.05, 4.69) is 44.3 Å². The molecule has 0 radical (unpaired) electrons. The van der Waals surface area contributed by atoms with Gasteiger partial charge in [-0.05, 0) is 44.0 Å². The minimum atomic E-state index is -0.0300. The summed E-state index contributed by atoms with van der Waals surface area (Å²) in [4.78, 5) is 0. The van der Waals surface area contributed by atoms with Crippen molar-refractivity contribution >= 4 is 0 Å². The molecule has 1 N–H and O–H groups in total. The summed E-state index contributed by atoms with van der Waals surface area (Å²) in [5.41, 5.74) is 2.67. The van der Waals surface area contributed by atoms with Gasteiger partial charge in [-0.1, -0.05) is 19.1 Å². The van der Waals surface area contributed by atoms with E-state index in [1.165, 1.54) is 17.5 Å². The molecular formula is C14H21NO. The highest BCUT2D eigenvalue weighted by atomic mass is 16.5. The Morgan fingerprint density at radius 2 is 2.19 bits per heavy atom. The quantitative estimate of drug-likeness (QED) is 0.786. The third-order valence-electron chi connectivity index (χ3n) is 2.88. The zero-order valence-corrected chi connectivity index (χ0v) is 10.5. The van der Waals surface area contributed by atoms with Gasteiger partial charge < -0.3 is 10.1 Å². The molecule has 2 heteroatoms. The van der Waals surface area contributed by atoms with Gasteiger partial charge in [0, 0.05) is 13.0 Å². The van der Waals surface area contributed by atoms with Crippen LogP contribution in [-0.2, 0) is 13.0 Å². The number of benzene rings is 1. The van der Waals surface area contributed by atoms with E-state index in [0.29, 0.717) is 0 Å². The molecule has 0 bridgehead atoms. The van der Waals surface area contributed by atoms with Gasteiger partial charge in [-0.2, -0.15) is 0 Å². The molecule has 1 aliphatic rings. The van der Waals surface area contributed by atoms with Crippen LogP contribution >= 0.6 is 0 Å². The Morgan fingerprint density at radius 3 is 2.94 bits per heavy atom. The van der Waals surface area contributed by atoms with Crippen molar-refractivity contribution in [2.24, 2.45) is 0 Å². The fraction of sp³-hybridized carbons (Fsp3) is 0.571. The second-order valence-electron chi connectivity index (χ2n) is 5.16. The maximum absolute atomic E-state index is 5.85. The van der Waals surface area contributed by atoms with Crippen LogP contribution < -0.4 is 10.1 Å². The topological polar surface area (TPSA) is 21.3 Å². The molecule has 1 heterocycles. The van der Waals surface area contributed by atoms with Crippen molar-refractivity contribution in [2.45, 2.75) is 45.8 Å². The highest BCUT2D eigenvalue weighted by Gasteiger charge is 2.29. The first-order chi connectivity index (χ1) is 7.61. The third kappa shape index (κ3) is 2.56. The van der Waals surface area contributed by atoms with E-state index in [1.54, 1.807) is 0 Å². The lowest BCUT2D eigenvalue weighted by Crippen LogP contribution is -2.24. The van der Waals surface area contributed by atoms with Crippen molar-refractivity contribution < 1.29 is 4.74 Å². The van der Waals surface area contributed by atoms with Crippen molar-refractivity contribution in [3.63, 3.8) is 0 Å². The van der Waals surface area contributed by atoms with Gasteiger partial charge in [0.15, 0.2) is 0 Å². The van der Waals surface area contributed by atoms with Crippen molar-refractivity contribution in [1.29, 1.82) is 0 Å². The van der Waals surface area contributed by atoms with Crippen LogP contribution in [0.1, 0.15) is 38.3 Å². The van der Waals surface area contributed by atoms with Gasteiger partial charge in [0.1, 0.15) is 11.4 Å². The molecule has 0 spiro atoms. The minimum absolute atomic E-state index is 0.0300. The van der Waals surface area contributed by atoms with Crippen molar-refractivity contribution in [2.75, 3.05) is 6.54 Å². The zero-order chi connectivity index (χ0) is 11.6. The summed E-state index contributed by atoms with van der Waals surface area (Å²) < 4.78 is 5.85. The zero-order valence-electron chi connectivity index (χ0n) is 10.5. The van der Waals surface area contributed by atoms with Gasteiger partial charge in [-0.25, -0.2) is 0 Å². The number of nitrogens with one attached hydrogen (secondary N) is 1. The molecule has 0 amide bonds.